The van der Waals surface area contributed by atoms with Gasteiger partial charge in [-0.2, -0.15) is 0 Å². The molecule has 21 heavy (non-hydrogen) atoms. The zero-order valence-corrected chi connectivity index (χ0v) is 12.9. The lowest BCUT2D eigenvalue weighted by molar-refractivity contribution is 0.663. The van der Waals surface area contributed by atoms with Crippen LogP contribution in [0.4, 0.5) is 5.69 Å². The largest absolute Gasteiger partial charge is 0.366 e. The fraction of sp³-hybridized carbons (Fsp3) is 0.412. The zero-order valence-electron chi connectivity index (χ0n) is 12.9. The minimum absolute atomic E-state index is 0.822. The van der Waals surface area contributed by atoms with Gasteiger partial charge in [0.05, 0.1) is 17.9 Å². The third-order valence-corrected chi connectivity index (χ3v) is 3.36. The van der Waals surface area contributed by atoms with Crippen LogP contribution in [0.15, 0.2) is 42.7 Å². The van der Waals surface area contributed by atoms with Crippen LogP contribution in [0.3, 0.4) is 0 Å². The summed E-state index contributed by atoms with van der Waals surface area (Å²) in [5.41, 5.74) is 3.37. The van der Waals surface area contributed by atoms with Gasteiger partial charge in [0.2, 0.25) is 0 Å². The fourth-order valence-corrected chi connectivity index (χ4v) is 2.22. The smallest absolute Gasteiger partial charge is 0.0601 e. The van der Waals surface area contributed by atoms with Gasteiger partial charge in [0.15, 0.2) is 0 Å². The Kier molecular flexibility index (Phi) is 6.16. The van der Waals surface area contributed by atoms with Gasteiger partial charge in [-0.05, 0) is 44.2 Å². The molecule has 0 aliphatic rings. The first-order valence-electron chi connectivity index (χ1n) is 7.64. The Bertz CT molecular complexity index is 527. The second kappa shape index (κ2) is 8.37. The molecule has 2 aromatic rings. The third kappa shape index (κ3) is 4.83. The summed E-state index contributed by atoms with van der Waals surface area (Å²) in [6.45, 7) is 7.95. The number of hydrogen-bond acceptors (Lipinski definition) is 4. The van der Waals surface area contributed by atoms with Gasteiger partial charge >= 0.3 is 0 Å². The first-order valence-corrected chi connectivity index (χ1v) is 7.64. The molecular weight excluding hydrogens is 260 g/mol. The van der Waals surface area contributed by atoms with E-state index in [1.807, 2.05) is 24.5 Å². The van der Waals surface area contributed by atoms with Crippen LogP contribution in [0.25, 0.3) is 0 Å². The van der Waals surface area contributed by atoms with E-state index in [0.717, 1.165) is 44.0 Å². The van der Waals surface area contributed by atoms with Gasteiger partial charge in [-0.3, -0.25) is 9.97 Å². The van der Waals surface area contributed by atoms with Crippen LogP contribution in [-0.4, -0.2) is 23.1 Å². The van der Waals surface area contributed by atoms with E-state index in [9.17, 15) is 0 Å². The molecule has 0 aliphatic carbocycles. The summed E-state index contributed by atoms with van der Waals surface area (Å²) in [7, 11) is 0. The average molecular weight is 284 g/mol. The Morgan fingerprint density at radius 1 is 1.05 bits per heavy atom. The summed E-state index contributed by atoms with van der Waals surface area (Å²) < 4.78 is 0. The molecule has 0 saturated carbocycles. The molecule has 0 fully saturated rings. The molecule has 4 nitrogen and oxygen atoms in total. The van der Waals surface area contributed by atoms with Crippen LogP contribution in [0, 0.1) is 0 Å². The maximum absolute atomic E-state index is 4.43. The first kappa shape index (κ1) is 15.4. The van der Waals surface area contributed by atoms with Gasteiger partial charge in [0.1, 0.15) is 0 Å². The molecule has 112 valence electrons. The summed E-state index contributed by atoms with van der Waals surface area (Å²) in [6, 6.07) is 10.3. The molecule has 0 unspecified atom stereocenters. The van der Waals surface area contributed by atoms with Crippen molar-refractivity contribution < 1.29 is 0 Å². The van der Waals surface area contributed by atoms with E-state index in [1.54, 1.807) is 0 Å². The van der Waals surface area contributed by atoms with Crippen molar-refractivity contribution in [3.63, 3.8) is 0 Å². The number of rotatable bonds is 8. The Balaban J connectivity index is 2.05. The summed E-state index contributed by atoms with van der Waals surface area (Å²) >= 11 is 0. The molecule has 2 rings (SSSR count). The Hall–Kier alpha value is -1.94. The van der Waals surface area contributed by atoms with E-state index in [4.69, 9.17) is 0 Å². The molecule has 2 aromatic heterocycles. The topological polar surface area (TPSA) is 41.0 Å². The molecule has 0 bridgehead atoms. The van der Waals surface area contributed by atoms with Crippen LogP contribution in [0.1, 0.15) is 31.7 Å². The number of pyridine rings is 2. The van der Waals surface area contributed by atoms with E-state index >= 15 is 0 Å². The maximum Gasteiger partial charge on any atom is 0.0601 e. The highest BCUT2D eigenvalue weighted by Gasteiger charge is 2.07. The maximum atomic E-state index is 4.43. The molecule has 0 atom stereocenters. The monoisotopic (exact) mass is 284 g/mol. The lowest BCUT2D eigenvalue weighted by Gasteiger charge is -2.23. The molecule has 2 heterocycles. The predicted octanol–water partition coefficient (Wildman–Crippen LogP) is 3.00. The van der Waals surface area contributed by atoms with E-state index in [-0.39, 0.29) is 0 Å². The van der Waals surface area contributed by atoms with Crippen molar-refractivity contribution >= 4 is 5.69 Å². The highest BCUT2D eigenvalue weighted by Crippen LogP contribution is 2.16. The minimum Gasteiger partial charge on any atom is -0.366 e. The molecule has 0 aromatic carbocycles. The summed E-state index contributed by atoms with van der Waals surface area (Å²) in [5.74, 6) is 0. The number of hydrogen-bond donors (Lipinski definition) is 1. The van der Waals surface area contributed by atoms with Gasteiger partial charge in [0.25, 0.3) is 0 Å². The van der Waals surface area contributed by atoms with Crippen molar-refractivity contribution in [1.82, 2.24) is 15.3 Å². The Labute approximate surface area is 127 Å². The van der Waals surface area contributed by atoms with Crippen LogP contribution in [0.2, 0.25) is 0 Å². The van der Waals surface area contributed by atoms with Crippen LogP contribution < -0.4 is 10.2 Å². The van der Waals surface area contributed by atoms with E-state index in [2.05, 4.69) is 52.2 Å². The fourth-order valence-electron chi connectivity index (χ4n) is 2.22. The molecule has 0 spiro atoms. The van der Waals surface area contributed by atoms with Gasteiger partial charge in [0, 0.05) is 31.2 Å². The Morgan fingerprint density at radius 2 is 1.90 bits per heavy atom. The van der Waals surface area contributed by atoms with E-state index in [1.165, 1.54) is 5.69 Å². The predicted molar refractivity (Wildman–Crippen MR) is 87.2 cm³/mol. The molecule has 0 saturated heterocycles. The lowest BCUT2D eigenvalue weighted by Crippen LogP contribution is -2.23. The normalized spacial score (nSPS) is 10.6. The number of anilines is 1. The molecule has 0 radical (unpaired) electrons. The standard InChI is InChI=1S/C17H24N4/c1-3-9-18-13-16-12-17(8-11-20-16)21(4-2)14-15-7-5-6-10-19-15/h5-8,10-12,18H,3-4,9,13-14H2,1-2H3. The van der Waals surface area contributed by atoms with Gasteiger partial charge < -0.3 is 10.2 Å². The lowest BCUT2D eigenvalue weighted by atomic mass is 10.2. The van der Waals surface area contributed by atoms with Gasteiger partial charge in [-0.25, -0.2) is 0 Å². The van der Waals surface area contributed by atoms with Crippen molar-refractivity contribution in [2.75, 3.05) is 18.0 Å². The van der Waals surface area contributed by atoms with Crippen LogP contribution in [0.5, 0.6) is 0 Å². The number of aromatic nitrogens is 2. The second-order valence-electron chi connectivity index (χ2n) is 5.02. The van der Waals surface area contributed by atoms with E-state index in [0.29, 0.717) is 0 Å². The second-order valence-corrected chi connectivity index (χ2v) is 5.02. The van der Waals surface area contributed by atoms with Crippen LogP contribution in [-0.2, 0) is 13.1 Å². The highest BCUT2D eigenvalue weighted by atomic mass is 15.1. The van der Waals surface area contributed by atoms with E-state index < -0.39 is 0 Å². The third-order valence-electron chi connectivity index (χ3n) is 3.36. The van der Waals surface area contributed by atoms with Crippen molar-refractivity contribution in [3.05, 3.63) is 54.1 Å². The quantitative estimate of drug-likeness (QED) is 0.757. The van der Waals surface area contributed by atoms with Crippen molar-refractivity contribution in [1.29, 1.82) is 0 Å². The molecule has 0 aliphatic heterocycles. The van der Waals surface area contributed by atoms with Crippen molar-refractivity contribution in [2.45, 2.75) is 33.4 Å². The average Bonchev–Trinajstić information content (AvgIpc) is 2.54. The van der Waals surface area contributed by atoms with Crippen LogP contribution >= 0.6 is 0 Å². The molecule has 1 N–H and O–H groups in total. The highest BCUT2D eigenvalue weighted by molar-refractivity contribution is 5.46. The zero-order chi connectivity index (χ0) is 14.9. The number of nitrogens with one attached hydrogen (secondary N) is 1. The SMILES string of the molecule is CCCNCc1cc(N(CC)Cc2ccccn2)ccn1. The molecule has 4 heteroatoms. The molecule has 0 amide bonds. The summed E-state index contributed by atoms with van der Waals surface area (Å²) in [5, 5.41) is 3.39. The molecular formula is C17H24N4. The van der Waals surface area contributed by atoms with Crippen molar-refractivity contribution in [2.24, 2.45) is 0 Å². The van der Waals surface area contributed by atoms with Gasteiger partial charge in [-0.15, -0.1) is 0 Å². The summed E-state index contributed by atoms with van der Waals surface area (Å²) in [6.07, 6.45) is 4.87. The van der Waals surface area contributed by atoms with Crippen molar-refractivity contribution in [3.8, 4) is 0 Å². The van der Waals surface area contributed by atoms with Gasteiger partial charge in [-0.1, -0.05) is 13.0 Å². The Morgan fingerprint density at radius 3 is 2.62 bits per heavy atom. The first-order chi connectivity index (χ1) is 10.3. The summed E-state index contributed by atoms with van der Waals surface area (Å²) in [4.78, 5) is 11.1. The number of nitrogens with zero attached hydrogens (tertiary/aromatic N) is 3. The minimum atomic E-state index is 0.822.